The number of rotatable bonds is 5. The first kappa shape index (κ1) is 22.5. The van der Waals surface area contributed by atoms with Crippen LogP contribution in [0.2, 0.25) is 0 Å². The summed E-state index contributed by atoms with van der Waals surface area (Å²) in [6.07, 6.45) is 6.67. The van der Waals surface area contributed by atoms with E-state index < -0.39 is 0 Å². The van der Waals surface area contributed by atoms with Gasteiger partial charge in [0.15, 0.2) is 0 Å². The van der Waals surface area contributed by atoms with Gasteiger partial charge in [-0.2, -0.15) is 0 Å². The quantitative estimate of drug-likeness (QED) is 0.279. The Hall–Kier alpha value is -3.32. The summed E-state index contributed by atoms with van der Waals surface area (Å²) >= 11 is 1.24. The van der Waals surface area contributed by atoms with Crippen molar-refractivity contribution in [2.24, 2.45) is 5.14 Å². The van der Waals surface area contributed by atoms with Crippen LogP contribution in [0, 0.1) is 0 Å². The molecule has 0 atom stereocenters. The van der Waals surface area contributed by atoms with E-state index >= 15 is 0 Å². The number of fused-ring (bicyclic) bond motifs is 3. The van der Waals surface area contributed by atoms with Crippen molar-refractivity contribution in [3.8, 4) is 16.9 Å². The van der Waals surface area contributed by atoms with Gasteiger partial charge >= 0.3 is 0 Å². The van der Waals surface area contributed by atoms with E-state index in [1.54, 1.807) is 0 Å². The molecule has 3 heterocycles. The van der Waals surface area contributed by atoms with E-state index in [1.807, 2.05) is 42.7 Å². The van der Waals surface area contributed by atoms with Crippen molar-refractivity contribution >= 4 is 33.8 Å². The molecule has 0 amide bonds. The molecule has 3 aromatic carbocycles. The molecule has 0 saturated heterocycles. The van der Waals surface area contributed by atoms with Crippen LogP contribution in [0.4, 0.5) is 0 Å². The van der Waals surface area contributed by atoms with E-state index in [0.717, 1.165) is 58.5 Å². The van der Waals surface area contributed by atoms with Crippen LogP contribution >= 0.6 is 11.9 Å². The van der Waals surface area contributed by atoms with Gasteiger partial charge in [0.2, 0.25) is 0 Å². The fraction of sp³-hybridized carbons (Fsp3) is 0.179. The lowest BCUT2D eigenvalue weighted by atomic mass is 10.0. The van der Waals surface area contributed by atoms with Crippen LogP contribution in [-0.4, -0.2) is 28.3 Å². The molecule has 34 heavy (non-hydrogen) atoms. The highest BCUT2D eigenvalue weighted by Gasteiger charge is 2.18. The van der Waals surface area contributed by atoms with Crippen molar-refractivity contribution in [3.63, 3.8) is 0 Å². The number of pyridine rings is 1. The highest BCUT2D eigenvalue weighted by molar-refractivity contribution is 7.97. The molecule has 0 unspecified atom stereocenters. The van der Waals surface area contributed by atoms with Gasteiger partial charge in [-0.15, -0.1) is 0 Å². The number of aryl methyl sites for hydroxylation is 1. The highest BCUT2D eigenvalue weighted by Crippen LogP contribution is 2.38. The molecule has 1 aliphatic heterocycles. The number of nitrogens with zero attached hydrogens (tertiary/aromatic N) is 1. The van der Waals surface area contributed by atoms with Gasteiger partial charge in [0.1, 0.15) is 5.75 Å². The Morgan fingerprint density at radius 2 is 1.88 bits per heavy atom. The Kier molecular flexibility index (Phi) is 6.81. The molecule has 4 N–H and O–H groups in total. The number of nitrogens with two attached hydrogens (primary N) is 1. The van der Waals surface area contributed by atoms with E-state index in [0.29, 0.717) is 0 Å². The summed E-state index contributed by atoms with van der Waals surface area (Å²) in [7, 11) is 0. The number of hydrogen-bond donors (Lipinski definition) is 3. The summed E-state index contributed by atoms with van der Waals surface area (Å²) in [6, 6.07) is 22.8. The van der Waals surface area contributed by atoms with E-state index in [9.17, 15) is 0 Å². The van der Waals surface area contributed by atoms with E-state index in [1.165, 1.54) is 34.0 Å². The number of nitrogens with one attached hydrogen (secondary N) is 1. The molecule has 0 saturated carbocycles. The number of benzene rings is 3. The predicted molar refractivity (Wildman–Crippen MR) is 140 cm³/mol. The minimum absolute atomic E-state index is 0.263. The average Bonchev–Trinajstić information content (AvgIpc) is 3.54. The van der Waals surface area contributed by atoms with Crippen molar-refractivity contribution < 1.29 is 9.84 Å². The topological polar surface area (TPSA) is 84.2 Å². The number of aliphatic hydroxyl groups excluding tert-OH is 1. The molecule has 5 nitrogen and oxygen atoms in total. The van der Waals surface area contributed by atoms with E-state index in [2.05, 4.69) is 46.4 Å². The average molecular weight is 470 g/mol. The van der Waals surface area contributed by atoms with E-state index in [4.69, 9.17) is 15.0 Å². The number of hydrogen-bond acceptors (Lipinski definition) is 5. The highest BCUT2D eigenvalue weighted by atomic mass is 32.2. The van der Waals surface area contributed by atoms with Gasteiger partial charge in [0.05, 0.1) is 17.0 Å². The maximum Gasteiger partial charge on any atom is 0.137 e. The molecule has 0 spiro atoms. The van der Waals surface area contributed by atoms with Crippen LogP contribution in [0.25, 0.3) is 32.9 Å². The molecule has 6 heteroatoms. The van der Waals surface area contributed by atoms with E-state index in [-0.39, 0.29) is 6.61 Å². The Morgan fingerprint density at radius 3 is 2.76 bits per heavy atom. The molecule has 0 radical (unpaired) electrons. The first-order valence-corrected chi connectivity index (χ1v) is 12.3. The lowest BCUT2D eigenvalue weighted by Gasteiger charge is -2.09. The van der Waals surface area contributed by atoms with Gasteiger partial charge < -0.3 is 14.8 Å². The number of aliphatic hydroxyl groups is 1. The van der Waals surface area contributed by atoms with Crippen LogP contribution in [0.1, 0.15) is 17.5 Å². The van der Waals surface area contributed by atoms with Gasteiger partial charge in [-0.25, -0.2) is 0 Å². The number of aromatic nitrogens is 2. The molecule has 0 fully saturated rings. The minimum atomic E-state index is 0.263. The second-order valence-corrected chi connectivity index (χ2v) is 8.96. The fourth-order valence-corrected chi connectivity index (χ4v) is 4.86. The van der Waals surface area contributed by atoms with Crippen molar-refractivity contribution in [3.05, 3.63) is 90.3 Å². The first-order valence-electron chi connectivity index (χ1n) is 11.4. The van der Waals surface area contributed by atoms with Crippen LogP contribution in [0.5, 0.6) is 5.75 Å². The Bertz CT molecular complexity index is 1430. The number of H-pyrrole nitrogens is 1. The smallest absolute Gasteiger partial charge is 0.137 e. The summed E-state index contributed by atoms with van der Waals surface area (Å²) in [5.74, 6) is 0.944. The minimum Gasteiger partial charge on any atom is -0.492 e. The molecule has 0 aliphatic carbocycles. The molecule has 172 valence electrons. The van der Waals surface area contributed by atoms with Crippen LogP contribution in [0.3, 0.4) is 0 Å². The zero-order valence-electron chi connectivity index (χ0n) is 18.8. The third kappa shape index (κ3) is 4.66. The molecular formula is C28H27N3O2S. The van der Waals surface area contributed by atoms with Crippen LogP contribution in [0.15, 0.2) is 84.0 Å². The first-order chi connectivity index (χ1) is 16.8. The second-order valence-electron chi connectivity index (χ2n) is 8.28. The van der Waals surface area contributed by atoms with Gasteiger partial charge in [-0.05, 0) is 71.8 Å². The second kappa shape index (κ2) is 10.3. The third-order valence-corrected chi connectivity index (χ3v) is 6.64. The van der Waals surface area contributed by atoms with Gasteiger partial charge in [-0.1, -0.05) is 36.4 Å². The normalized spacial score (nSPS) is 12.3. The van der Waals surface area contributed by atoms with Gasteiger partial charge in [0, 0.05) is 47.3 Å². The maximum atomic E-state index is 8.73. The number of ether oxygens (including phenoxy) is 1. The summed E-state index contributed by atoms with van der Waals surface area (Å²) in [4.78, 5) is 8.75. The number of para-hydroxylation sites is 2. The number of aromatic amines is 1. The van der Waals surface area contributed by atoms with Crippen molar-refractivity contribution in [1.82, 2.24) is 9.97 Å². The van der Waals surface area contributed by atoms with Crippen molar-refractivity contribution in [1.29, 1.82) is 0 Å². The predicted octanol–water partition coefficient (Wildman–Crippen LogP) is 5.90. The molecule has 6 rings (SSSR count). The summed E-state index contributed by atoms with van der Waals surface area (Å²) in [6.45, 7) is 1.00. The summed E-state index contributed by atoms with van der Waals surface area (Å²) in [5.41, 5.74) is 6.97. The maximum absolute atomic E-state index is 8.73. The SMILES string of the molecule is NSc1cc(-c2cnc3ccccc3c2)cc2c1OCC2.OCCCc1c[nH]c2ccccc12. The fourth-order valence-electron chi connectivity index (χ4n) is 4.36. The third-order valence-electron chi connectivity index (χ3n) is 6.08. The van der Waals surface area contributed by atoms with Crippen LogP contribution < -0.4 is 9.88 Å². The Morgan fingerprint density at radius 1 is 1.03 bits per heavy atom. The lowest BCUT2D eigenvalue weighted by molar-refractivity contribution is 0.289. The summed E-state index contributed by atoms with van der Waals surface area (Å²) < 4.78 is 5.67. The molecular weight excluding hydrogens is 442 g/mol. The largest absolute Gasteiger partial charge is 0.492 e. The monoisotopic (exact) mass is 469 g/mol. The van der Waals surface area contributed by atoms with Gasteiger partial charge in [0.25, 0.3) is 0 Å². The van der Waals surface area contributed by atoms with Gasteiger partial charge in [-0.3, -0.25) is 10.1 Å². The van der Waals surface area contributed by atoms with Crippen molar-refractivity contribution in [2.75, 3.05) is 13.2 Å². The Labute approximate surface area is 203 Å². The summed E-state index contributed by atoms with van der Waals surface area (Å²) in [5, 5.41) is 16.9. The van der Waals surface area contributed by atoms with Crippen molar-refractivity contribution in [2.45, 2.75) is 24.2 Å². The lowest BCUT2D eigenvalue weighted by Crippen LogP contribution is -1.90. The van der Waals surface area contributed by atoms with Crippen LogP contribution in [-0.2, 0) is 12.8 Å². The molecule has 1 aliphatic rings. The molecule has 0 bridgehead atoms. The Balaban J connectivity index is 0.000000159. The zero-order chi connectivity index (χ0) is 23.3. The zero-order valence-corrected chi connectivity index (χ0v) is 19.6. The molecule has 2 aromatic heterocycles. The molecule has 5 aromatic rings. The standard InChI is InChI=1S/C17H14N2OS.C11H13NO/c18-21-16-9-13(8-12-5-6-20-17(12)16)14-7-11-3-1-2-4-15(11)19-10-14;13-7-3-4-9-8-12-11-6-2-1-5-10(9)11/h1-4,7-10H,5-6,18H2;1-2,5-6,8,12-13H,3-4,7H2.